The number of benzene rings is 2. The molecule has 0 aliphatic heterocycles. The van der Waals surface area contributed by atoms with E-state index in [0.29, 0.717) is 17.0 Å². The SMILES string of the molecule is Nc1nc2cc(F)c(Cl)cc2n1-c1ccc(Br)cc1. The molecule has 6 heteroatoms. The Morgan fingerprint density at radius 1 is 1.21 bits per heavy atom. The summed E-state index contributed by atoms with van der Waals surface area (Å²) in [6.07, 6.45) is 0. The van der Waals surface area contributed by atoms with Crippen molar-refractivity contribution in [2.45, 2.75) is 0 Å². The first kappa shape index (κ1) is 12.4. The van der Waals surface area contributed by atoms with Crippen LogP contribution in [0.2, 0.25) is 5.02 Å². The molecule has 19 heavy (non-hydrogen) atoms. The molecule has 3 rings (SSSR count). The van der Waals surface area contributed by atoms with Crippen LogP contribution in [-0.4, -0.2) is 9.55 Å². The van der Waals surface area contributed by atoms with Crippen molar-refractivity contribution in [3.05, 3.63) is 51.7 Å². The van der Waals surface area contributed by atoms with Crippen LogP contribution in [0.25, 0.3) is 16.7 Å². The van der Waals surface area contributed by atoms with Gasteiger partial charge < -0.3 is 5.73 Å². The van der Waals surface area contributed by atoms with Crippen molar-refractivity contribution >= 4 is 44.5 Å². The van der Waals surface area contributed by atoms with Gasteiger partial charge in [-0.05, 0) is 30.3 Å². The fourth-order valence-electron chi connectivity index (χ4n) is 1.95. The summed E-state index contributed by atoms with van der Waals surface area (Å²) < 4.78 is 16.1. The summed E-state index contributed by atoms with van der Waals surface area (Å²) in [5.74, 6) is -0.214. The van der Waals surface area contributed by atoms with Crippen molar-refractivity contribution in [1.82, 2.24) is 9.55 Å². The standard InChI is InChI=1S/C13H8BrClFN3/c14-7-1-3-8(4-2-7)19-12-5-9(15)10(16)6-11(12)18-13(19)17/h1-6H,(H2,17,18). The first-order valence-corrected chi connectivity index (χ1v) is 6.62. The Labute approximate surface area is 121 Å². The molecule has 0 aliphatic carbocycles. The van der Waals surface area contributed by atoms with E-state index in [4.69, 9.17) is 17.3 Å². The monoisotopic (exact) mass is 339 g/mol. The first-order valence-electron chi connectivity index (χ1n) is 5.45. The van der Waals surface area contributed by atoms with Crippen molar-refractivity contribution in [3.63, 3.8) is 0 Å². The quantitative estimate of drug-likeness (QED) is 0.723. The maximum atomic E-state index is 13.4. The molecular weight excluding hydrogens is 333 g/mol. The van der Waals surface area contributed by atoms with Crippen LogP contribution in [-0.2, 0) is 0 Å². The summed E-state index contributed by atoms with van der Waals surface area (Å²) in [5.41, 5.74) is 7.88. The lowest BCUT2D eigenvalue weighted by molar-refractivity contribution is 0.630. The number of anilines is 1. The average molecular weight is 341 g/mol. The van der Waals surface area contributed by atoms with Crippen LogP contribution in [0.5, 0.6) is 0 Å². The molecule has 0 unspecified atom stereocenters. The highest BCUT2D eigenvalue weighted by Gasteiger charge is 2.13. The van der Waals surface area contributed by atoms with Crippen LogP contribution in [0, 0.1) is 5.82 Å². The zero-order chi connectivity index (χ0) is 13.6. The lowest BCUT2D eigenvalue weighted by Gasteiger charge is -2.06. The normalized spacial score (nSPS) is 11.1. The molecule has 0 fully saturated rings. The summed E-state index contributed by atoms with van der Waals surface area (Å²) in [7, 11) is 0. The molecule has 1 heterocycles. The molecule has 0 aliphatic rings. The van der Waals surface area contributed by atoms with Crippen LogP contribution in [0.15, 0.2) is 40.9 Å². The number of imidazole rings is 1. The highest BCUT2D eigenvalue weighted by molar-refractivity contribution is 9.10. The second kappa shape index (κ2) is 4.51. The summed E-state index contributed by atoms with van der Waals surface area (Å²) >= 11 is 9.19. The molecule has 3 nitrogen and oxygen atoms in total. The van der Waals surface area contributed by atoms with E-state index in [1.54, 1.807) is 4.57 Å². The van der Waals surface area contributed by atoms with E-state index in [1.807, 2.05) is 24.3 Å². The van der Waals surface area contributed by atoms with E-state index >= 15 is 0 Å². The maximum Gasteiger partial charge on any atom is 0.205 e. The Hall–Kier alpha value is -1.59. The Balaban J connectivity index is 2.31. The van der Waals surface area contributed by atoms with Crippen molar-refractivity contribution in [2.75, 3.05) is 5.73 Å². The third kappa shape index (κ3) is 2.09. The largest absolute Gasteiger partial charge is 0.369 e. The molecule has 1 aromatic heterocycles. The first-order chi connectivity index (χ1) is 9.06. The molecule has 0 saturated carbocycles. The second-order valence-corrected chi connectivity index (χ2v) is 5.36. The van der Waals surface area contributed by atoms with Gasteiger partial charge in [0, 0.05) is 16.2 Å². The average Bonchev–Trinajstić information content (AvgIpc) is 2.67. The topological polar surface area (TPSA) is 43.8 Å². The van der Waals surface area contributed by atoms with Gasteiger partial charge in [-0.3, -0.25) is 4.57 Å². The minimum absolute atomic E-state index is 0.0470. The highest BCUT2D eigenvalue weighted by Crippen LogP contribution is 2.28. The molecule has 0 spiro atoms. The molecule has 96 valence electrons. The number of hydrogen-bond donors (Lipinski definition) is 1. The predicted octanol–water partition coefficient (Wildman–Crippen LogP) is 4.16. The van der Waals surface area contributed by atoms with Crippen LogP contribution >= 0.6 is 27.5 Å². The Morgan fingerprint density at radius 2 is 1.89 bits per heavy atom. The van der Waals surface area contributed by atoms with Crippen molar-refractivity contribution in [3.8, 4) is 5.69 Å². The predicted molar refractivity (Wildman–Crippen MR) is 78.2 cm³/mol. The third-order valence-electron chi connectivity index (χ3n) is 2.81. The number of fused-ring (bicyclic) bond motifs is 1. The van der Waals surface area contributed by atoms with Crippen molar-refractivity contribution < 1.29 is 4.39 Å². The highest BCUT2D eigenvalue weighted by atomic mass is 79.9. The summed E-state index contributed by atoms with van der Waals surface area (Å²) in [6, 6.07) is 10.4. The minimum atomic E-state index is -0.505. The maximum absolute atomic E-state index is 13.4. The van der Waals surface area contributed by atoms with Gasteiger partial charge in [0.1, 0.15) is 5.82 Å². The van der Waals surface area contributed by atoms with E-state index in [1.165, 1.54) is 12.1 Å². The van der Waals surface area contributed by atoms with E-state index in [0.717, 1.165) is 10.2 Å². The van der Waals surface area contributed by atoms with Crippen LogP contribution in [0.1, 0.15) is 0 Å². The molecule has 0 amide bonds. The molecular formula is C13H8BrClFN3. The molecule has 2 aromatic carbocycles. The Bertz CT molecular complexity index is 768. The van der Waals surface area contributed by atoms with E-state index in [9.17, 15) is 4.39 Å². The van der Waals surface area contributed by atoms with Gasteiger partial charge in [-0.2, -0.15) is 0 Å². The van der Waals surface area contributed by atoms with Gasteiger partial charge in [-0.15, -0.1) is 0 Å². The number of nitrogen functional groups attached to an aromatic ring is 1. The Morgan fingerprint density at radius 3 is 2.58 bits per heavy atom. The molecule has 3 aromatic rings. The van der Waals surface area contributed by atoms with Crippen LogP contribution in [0.3, 0.4) is 0 Å². The molecule has 2 N–H and O–H groups in total. The van der Waals surface area contributed by atoms with E-state index in [-0.39, 0.29) is 5.02 Å². The number of nitrogens with two attached hydrogens (primary N) is 1. The minimum Gasteiger partial charge on any atom is -0.369 e. The van der Waals surface area contributed by atoms with Gasteiger partial charge in [0.2, 0.25) is 5.95 Å². The van der Waals surface area contributed by atoms with Gasteiger partial charge in [-0.25, -0.2) is 9.37 Å². The number of halogens is 3. The van der Waals surface area contributed by atoms with Gasteiger partial charge in [0.05, 0.1) is 16.1 Å². The lowest BCUT2D eigenvalue weighted by atomic mass is 10.2. The fourth-order valence-corrected chi connectivity index (χ4v) is 2.38. The van der Waals surface area contributed by atoms with Gasteiger partial charge >= 0.3 is 0 Å². The van der Waals surface area contributed by atoms with Crippen molar-refractivity contribution in [2.24, 2.45) is 0 Å². The third-order valence-corrected chi connectivity index (χ3v) is 3.63. The molecule has 0 atom stereocenters. The van der Waals surface area contributed by atoms with E-state index in [2.05, 4.69) is 20.9 Å². The molecule has 0 saturated heterocycles. The zero-order valence-electron chi connectivity index (χ0n) is 9.57. The number of rotatable bonds is 1. The molecule has 0 bridgehead atoms. The van der Waals surface area contributed by atoms with Gasteiger partial charge in [0.25, 0.3) is 0 Å². The van der Waals surface area contributed by atoms with E-state index < -0.39 is 5.82 Å². The molecule has 0 radical (unpaired) electrons. The van der Waals surface area contributed by atoms with Gasteiger partial charge in [-0.1, -0.05) is 27.5 Å². The smallest absolute Gasteiger partial charge is 0.205 e. The summed E-state index contributed by atoms with van der Waals surface area (Å²) in [5, 5.41) is 0.0470. The summed E-state index contributed by atoms with van der Waals surface area (Å²) in [4.78, 5) is 4.14. The second-order valence-electron chi connectivity index (χ2n) is 4.04. The number of hydrogen-bond acceptors (Lipinski definition) is 2. The van der Waals surface area contributed by atoms with Gasteiger partial charge in [0.15, 0.2) is 0 Å². The fraction of sp³-hybridized carbons (Fsp3) is 0. The van der Waals surface area contributed by atoms with Crippen LogP contribution in [0.4, 0.5) is 10.3 Å². The summed E-state index contributed by atoms with van der Waals surface area (Å²) in [6.45, 7) is 0. The van der Waals surface area contributed by atoms with Crippen LogP contribution < -0.4 is 5.73 Å². The zero-order valence-corrected chi connectivity index (χ0v) is 11.9. The number of aromatic nitrogens is 2. The van der Waals surface area contributed by atoms with Crippen molar-refractivity contribution in [1.29, 1.82) is 0 Å². The number of nitrogens with zero attached hydrogens (tertiary/aromatic N) is 2. The lowest BCUT2D eigenvalue weighted by Crippen LogP contribution is -2.00. The Kier molecular flexibility index (Phi) is 2.95.